The Labute approximate surface area is 126 Å². The normalized spacial score (nSPS) is 18.0. The van der Waals surface area contributed by atoms with Gasteiger partial charge < -0.3 is 4.74 Å². The molecular weight excluding hydrogens is 292 g/mol. The third-order valence-electron chi connectivity index (χ3n) is 3.79. The Hall–Kier alpha value is -2.02. The second-order valence-electron chi connectivity index (χ2n) is 5.54. The molecule has 3 heterocycles. The molecule has 0 amide bonds. The van der Waals surface area contributed by atoms with Gasteiger partial charge in [0.05, 0.1) is 30.0 Å². The van der Waals surface area contributed by atoms with Crippen LogP contribution in [0.25, 0.3) is 5.52 Å². The molecule has 0 saturated carbocycles. The number of Topliss-reactive ketones (excluding diaryl/α,β-unsaturated/α-hetero) is 1. The predicted molar refractivity (Wildman–Crippen MR) is 76.7 cm³/mol. The maximum Gasteiger partial charge on any atom is 0.261 e. The predicted octanol–water partition coefficient (Wildman–Crippen LogP) is 2.26. The topological polar surface area (TPSA) is 46.8 Å². The van der Waals surface area contributed by atoms with E-state index in [2.05, 4.69) is 5.10 Å². The average molecular weight is 309 g/mol. The van der Waals surface area contributed by atoms with E-state index in [1.807, 2.05) is 0 Å². The van der Waals surface area contributed by atoms with Crippen LogP contribution in [0.1, 0.15) is 23.7 Å². The molecule has 0 bridgehead atoms. The number of nitrogens with zero attached hydrogens (tertiary/aromatic N) is 3. The van der Waals surface area contributed by atoms with Gasteiger partial charge in [-0.2, -0.15) is 5.10 Å². The van der Waals surface area contributed by atoms with E-state index in [0.717, 1.165) is 5.52 Å². The van der Waals surface area contributed by atoms with Gasteiger partial charge in [0.1, 0.15) is 12.4 Å². The second-order valence-corrected chi connectivity index (χ2v) is 5.54. The summed E-state index contributed by atoms with van der Waals surface area (Å²) in [6, 6.07) is 3.52. The number of hydrogen-bond acceptors (Lipinski definition) is 4. The molecule has 0 atom stereocenters. The molecule has 2 aromatic rings. The highest BCUT2D eigenvalue weighted by Crippen LogP contribution is 2.26. The number of ketones is 1. The maximum atomic E-state index is 13.1. The molecule has 1 aliphatic heterocycles. The molecule has 1 saturated heterocycles. The highest BCUT2D eigenvalue weighted by Gasteiger charge is 2.37. The van der Waals surface area contributed by atoms with Gasteiger partial charge in [-0.05, 0) is 19.1 Å². The molecule has 22 heavy (non-hydrogen) atoms. The Kier molecular flexibility index (Phi) is 3.82. The van der Waals surface area contributed by atoms with E-state index in [-0.39, 0.29) is 18.7 Å². The van der Waals surface area contributed by atoms with Crippen LogP contribution in [0.4, 0.5) is 8.78 Å². The molecule has 0 spiro atoms. The summed E-state index contributed by atoms with van der Waals surface area (Å²) in [6.07, 6.45) is 3.12. The minimum absolute atomic E-state index is 0.0429. The van der Waals surface area contributed by atoms with E-state index in [9.17, 15) is 13.6 Å². The van der Waals surface area contributed by atoms with Gasteiger partial charge in [0, 0.05) is 19.5 Å². The Morgan fingerprint density at radius 3 is 2.95 bits per heavy atom. The third-order valence-corrected chi connectivity index (χ3v) is 3.79. The van der Waals surface area contributed by atoms with Gasteiger partial charge in [0.25, 0.3) is 5.92 Å². The van der Waals surface area contributed by atoms with E-state index in [1.165, 1.54) is 13.1 Å². The number of aromatic nitrogens is 2. The molecule has 1 aliphatic rings. The number of rotatable bonds is 5. The summed E-state index contributed by atoms with van der Waals surface area (Å²) < 4.78 is 33.3. The molecule has 0 radical (unpaired) electrons. The number of carbonyl (C=O) groups excluding carboxylic acids is 1. The van der Waals surface area contributed by atoms with Gasteiger partial charge in [0.15, 0.2) is 5.78 Å². The zero-order chi connectivity index (χ0) is 15.7. The van der Waals surface area contributed by atoms with Crippen LogP contribution in [-0.2, 0) is 0 Å². The zero-order valence-corrected chi connectivity index (χ0v) is 12.3. The number of carbonyl (C=O) groups is 1. The van der Waals surface area contributed by atoms with E-state index < -0.39 is 5.92 Å². The number of pyridine rings is 1. The molecule has 3 rings (SSSR count). The van der Waals surface area contributed by atoms with Gasteiger partial charge in [-0.15, -0.1) is 0 Å². The van der Waals surface area contributed by atoms with Crippen LogP contribution in [0.15, 0.2) is 24.5 Å². The molecular formula is C15H17F2N3O2. The first-order valence-electron chi connectivity index (χ1n) is 7.16. The lowest BCUT2D eigenvalue weighted by molar-refractivity contribution is 0.0112. The molecule has 0 N–H and O–H groups in total. The molecule has 7 heteroatoms. The number of fused-ring (bicyclic) bond motifs is 1. The fourth-order valence-electron chi connectivity index (χ4n) is 2.61. The van der Waals surface area contributed by atoms with Crippen molar-refractivity contribution in [3.63, 3.8) is 0 Å². The van der Waals surface area contributed by atoms with Crippen molar-refractivity contribution in [1.82, 2.24) is 14.5 Å². The van der Waals surface area contributed by atoms with Crippen LogP contribution in [0.5, 0.6) is 5.75 Å². The SMILES string of the molecule is CC(=O)c1cnn2cc(OCCN3CCC(F)(F)C3)ccc12. The smallest absolute Gasteiger partial charge is 0.261 e. The lowest BCUT2D eigenvalue weighted by Crippen LogP contribution is -2.29. The fourth-order valence-corrected chi connectivity index (χ4v) is 2.61. The monoisotopic (exact) mass is 309 g/mol. The van der Waals surface area contributed by atoms with Crippen molar-refractivity contribution in [3.05, 3.63) is 30.1 Å². The molecule has 118 valence electrons. The van der Waals surface area contributed by atoms with Crippen LogP contribution in [0, 0.1) is 0 Å². The standard InChI is InChI=1S/C15H17F2N3O2/c1-11(21)13-8-18-20-9-12(2-3-14(13)20)22-7-6-19-5-4-15(16,17)10-19/h2-3,8-9H,4-7,10H2,1H3. The summed E-state index contributed by atoms with van der Waals surface area (Å²) in [5, 5.41) is 4.11. The Morgan fingerprint density at radius 2 is 2.27 bits per heavy atom. The van der Waals surface area contributed by atoms with Gasteiger partial charge in [0.2, 0.25) is 0 Å². The largest absolute Gasteiger partial charge is 0.491 e. The van der Waals surface area contributed by atoms with Crippen LogP contribution in [0.2, 0.25) is 0 Å². The van der Waals surface area contributed by atoms with E-state index >= 15 is 0 Å². The summed E-state index contributed by atoms with van der Waals surface area (Å²) in [4.78, 5) is 13.1. The summed E-state index contributed by atoms with van der Waals surface area (Å²) in [7, 11) is 0. The van der Waals surface area contributed by atoms with Gasteiger partial charge in [-0.1, -0.05) is 0 Å². The van der Waals surface area contributed by atoms with Crippen molar-refractivity contribution in [2.75, 3.05) is 26.2 Å². The molecule has 0 aliphatic carbocycles. The molecule has 0 aromatic carbocycles. The maximum absolute atomic E-state index is 13.1. The molecule has 1 fully saturated rings. The average Bonchev–Trinajstić information content (AvgIpc) is 3.01. The number of likely N-dealkylation sites (tertiary alicyclic amines) is 1. The highest BCUT2D eigenvalue weighted by atomic mass is 19.3. The van der Waals surface area contributed by atoms with Crippen molar-refractivity contribution >= 4 is 11.3 Å². The van der Waals surface area contributed by atoms with E-state index in [1.54, 1.807) is 27.7 Å². The summed E-state index contributed by atoms with van der Waals surface area (Å²) in [5.74, 6) is -2.02. The first-order chi connectivity index (χ1) is 10.4. The lowest BCUT2D eigenvalue weighted by atomic mass is 10.2. The van der Waals surface area contributed by atoms with E-state index in [0.29, 0.717) is 31.0 Å². The van der Waals surface area contributed by atoms with Crippen LogP contribution >= 0.6 is 0 Å². The Bertz CT molecular complexity index is 699. The minimum atomic E-state index is -2.57. The Morgan fingerprint density at radius 1 is 1.45 bits per heavy atom. The molecule has 5 nitrogen and oxygen atoms in total. The number of alkyl halides is 2. The van der Waals surface area contributed by atoms with Gasteiger partial charge >= 0.3 is 0 Å². The van der Waals surface area contributed by atoms with E-state index in [4.69, 9.17) is 4.74 Å². The first kappa shape index (κ1) is 14.9. The summed E-state index contributed by atoms with van der Waals surface area (Å²) in [5.41, 5.74) is 1.28. The van der Waals surface area contributed by atoms with Crippen LogP contribution in [-0.4, -0.2) is 52.5 Å². The summed E-state index contributed by atoms with van der Waals surface area (Å²) in [6.45, 7) is 2.49. The zero-order valence-electron chi connectivity index (χ0n) is 12.3. The van der Waals surface area contributed by atoms with Gasteiger partial charge in [-0.3, -0.25) is 9.69 Å². The number of ether oxygens (including phenoxy) is 1. The lowest BCUT2D eigenvalue weighted by Gasteiger charge is -2.15. The van der Waals surface area contributed by atoms with Crippen molar-refractivity contribution in [2.24, 2.45) is 0 Å². The third kappa shape index (κ3) is 3.09. The second kappa shape index (κ2) is 5.64. The van der Waals surface area contributed by atoms with Crippen molar-refractivity contribution in [3.8, 4) is 5.75 Å². The Balaban J connectivity index is 1.59. The summed E-state index contributed by atoms with van der Waals surface area (Å²) >= 11 is 0. The van der Waals surface area contributed by atoms with Crippen LogP contribution in [0.3, 0.4) is 0 Å². The van der Waals surface area contributed by atoms with Crippen molar-refractivity contribution in [1.29, 1.82) is 0 Å². The molecule has 2 aromatic heterocycles. The molecule has 0 unspecified atom stereocenters. The van der Waals surface area contributed by atoms with Gasteiger partial charge in [-0.25, -0.2) is 13.3 Å². The minimum Gasteiger partial charge on any atom is -0.491 e. The first-order valence-corrected chi connectivity index (χ1v) is 7.16. The van der Waals surface area contributed by atoms with Crippen molar-refractivity contribution in [2.45, 2.75) is 19.3 Å². The van der Waals surface area contributed by atoms with Crippen molar-refractivity contribution < 1.29 is 18.3 Å². The number of hydrogen-bond donors (Lipinski definition) is 0. The van der Waals surface area contributed by atoms with Crippen LogP contribution < -0.4 is 4.74 Å². The number of halogens is 2. The highest BCUT2D eigenvalue weighted by molar-refractivity contribution is 6.00. The fraction of sp³-hybridized carbons (Fsp3) is 0.467. The quantitative estimate of drug-likeness (QED) is 0.795.